The lowest BCUT2D eigenvalue weighted by atomic mass is 9.73. The van der Waals surface area contributed by atoms with Crippen molar-refractivity contribution in [2.75, 3.05) is 7.05 Å². The van der Waals surface area contributed by atoms with E-state index in [0.29, 0.717) is 0 Å². The van der Waals surface area contributed by atoms with Crippen LogP contribution in [0.1, 0.15) is 50.5 Å². The van der Waals surface area contributed by atoms with E-state index in [0.717, 1.165) is 17.9 Å². The molecule has 1 N–H and O–H groups in total. The van der Waals surface area contributed by atoms with Crippen molar-refractivity contribution < 1.29 is 0 Å². The Morgan fingerprint density at radius 1 is 1.18 bits per heavy atom. The summed E-state index contributed by atoms with van der Waals surface area (Å²) in [6.45, 7) is 2.30. The molecular formula is C16H25N. The fourth-order valence-electron chi connectivity index (χ4n) is 3.36. The smallest absolute Gasteiger partial charge is 0.00927 e. The standard InChI is InChI=1S/C16H25N/c1-3-7-15-12-14(10-11-16(15)17-2)13-8-5-4-6-9-13/h4-6,8-9,14-17H,3,7,10-12H2,1-2H3. The molecule has 0 aliphatic heterocycles. The molecule has 3 unspecified atom stereocenters. The van der Waals surface area contributed by atoms with Crippen LogP contribution in [0.3, 0.4) is 0 Å². The lowest BCUT2D eigenvalue weighted by Crippen LogP contribution is -2.38. The van der Waals surface area contributed by atoms with Crippen LogP contribution < -0.4 is 5.32 Å². The highest BCUT2D eigenvalue weighted by Gasteiger charge is 2.29. The Morgan fingerprint density at radius 3 is 2.59 bits per heavy atom. The second-order valence-electron chi connectivity index (χ2n) is 5.36. The van der Waals surface area contributed by atoms with Gasteiger partial charge in [0.1, 0.15) is 0 Å². The first-order valence-corrected chi connectivity index (χ1v) is 7.07. The fourth-order valence-corrected chi connectivity index (χ4v) is 3.36. The van der Waals surface area contributed by atoms with Crippen LogP contribution in [0.5, 0.6) is 0 Å². The lowest BCUT2D eigenvalue weighted by molar-refractivity contribution is 0.236. The van der Waals surface area contributed by atoms with Crippen LogP contribution in [0.15, 0.2) is 30.3 Å². The van der Waals surface area contributed by atoms with Crippen molar-refractivity contribution in [3.05, 3.63) is 35.9 Å². The zero-order chi connectivity index (χ0) is 12.1. The summed E-state index contributed by atoms with van der Waals surface area (Å²) in [6.07, 6.45) is 6.72. The third-order valence-corrected chi connectivity index (χ3v) is 4.28. The van der Waals surface area contributed by atoms with Gasteiger partial charge in [-0.25, -0.2) is 0 Å². The Kier molecular flexibility index (Phi) is 4.61. The number of rotatable bonds is 4. The van der Waals surface area contributed by atoms with Crippen LogP contribution in [0.4, 0.5) is 0 Å². The van der Waals surface area contributed by atoms with E-state index in [-0.39, 0.29) is 0 Å². The van der Waals surface area contributed by atoms with Crippen molar-refractivity contribution in [2.45, 2.75) is 51.0 Å². The van der Waals surface area contributed by atoms with Crippen molar-refractivity contribution in [2.24, 2.45) is 5.92 Å². The molecule has 0 aromatic heterocycles. The summed E-state index contributed by atoms with van der Waals surface area (Å²) < 4.78 is 0. The summed E-state index contributed by atoms with van der Waals surface area (Å²) >= 11 is 0. The number of benzene rings is 1. The first-order valence-electron chi connectivity index (χ1n) is 7.07. The molecule has 0 spiro atoms. The molecule has 0 heterocycles. The number of hydrogen-bond donors (Lipinski definition) is 1. The van der Waals surface area contributed by atoms with Gasteiger partial charge in [0.2, 0.25) is 0 Å². The maximum absolute atomic E-state index is 3.51. The molecule has 1 aromatic carbocycles. The molecule has 0 amide bonds. The van der Waals surface area contributed by atoms with Gasteiger partial charge in [0, 0.05) is 6.04 Å². The van der Waals surface area contributed by atoms with Gasteiger partial charge in [-0.1, -0.05) is 43.7 Å². The Hall–Kier alpha value is -0.820. The minimum Gasteiger partial charge on any atom is -0.317 e. The Balaban J connectivity index is 2.03. The molecule has 1 fully saturated rings. The van der Waals surface area contributed by atoms with Gasteiger partial charge in [0.05, 0.1) is 0 Å². The molecule has 1 aromatic rings. The predicted molar refractivity (Wildman–Crippen MR) is 74.3 cm³/mol. The van der Waals surface area contributed by atoms with Crippen LogP contribution in [0, 0.1) is 5.92 Å². The molecule has 17 heavy (non-hydrogen) atoms. The third-order valence-electron chi connectivity index (χ3n) is 4.28. The molecule has 94 valence electrons. The highest BCUT2D eigenvalue weighted by atomic mass is 14.9. The van der Waals surface area contributed by atoms with Crippen LogP contribution in [0.25, 0.3) is 0 Å². The van der Waals surface area contributed by atoms with E-state index in [9.17, 15) is 0 Å². The monoisotopic (exact) mass is 231 g/mol. The van der Waals surface area contributed by atoms with Gasteiger partial charge in [0.25, 0.3) is 0 Å². The number of hydrogen-bond acceptors (Lipinski definition) is 1. The molecule has 3 atom stereocenters. The molecule has 0 saturated heterocycles. The molecule has 1 aliphatic carbocycles. The maximum atomic E-state index is 3.51. The van der Waals surface area contributed by atoms with E-state index in [2.05, 4.69) is 49.6 Å². The van der Waals surface area contributed by atoms with Crippen LogP contribution in [-0.2, 0) is 0 Å². The van der Waals surface area contributed by atoms with Gasteiger partial charge in [-0.05, 0) is 50.1 Å². The molecular weight excluding hydrogens is 206 g/mol. The minimum absolute atomic E-state index is 0.745. The molecule has 0 radical (unpaired) electrons. The van der Waals surface area contributed by atoms with E-state index in [1.165, 1.54) is 32.1 Å². The van der Waals surface area contributed by atoms with Crippen LogP contribution >= 0.6 is 0 Å². The number of nitrogens with one attached hydrogen (secondary N) is 1. The van der Waals surface area contributed by atoms with E-state index in [1.54, 1.807) is 5.56 Å². The second-order valence-corrected chi connectivity index (χ2v) is 5.36. The van der Waals surface area contributed by atoms with E-state index in [4.69, 9.17) is 0 Å². The first kappa shape index (κ1) is 12.6. The van der Waals surface area contributed by atoms with Gasteiger partial charge in [-0.2, -0.15) is 0 Å². The summed E-state index contributed by atoms with van der Waals surface area (Å²) in [6, 6.07) is 11.8. The molecule has 2 rings (SSSR count). The van der Waals surface area contributed by atoms with Crippen molar-refractivity contribution in [3.63, 3.8) is 0 Å². The summed E-state index contributed by atoms with van der Waals surface area (Å²) in [5, 5.41) is 3.51. The van der Waals surface area contributed by atoms with Crippen molar-refractivity contribution in [1.29, 1.82) is 0 Å². The fraction of sp³-hybridized carbons (Fsp3) is 0.625. The van der Waals surface area contributed by atoms with Gasteiger partial charge >= 0.3 is 0 Å². The zero-order valence-corrected chi connectivity index (χ0v) is 11.2. The van der Waals surface area contributed by atoms with Crippen molar-refractivity contribution in [3.8, 4) is 0 Å². The Labute approximate surface area is 106 Å². The van der Waals surface area contributed by atoms with Gasteiger partial charge in [-0.3, -0.25) is 0 Å². The van der Waals surface area contributed by atoms with Gasteiger partial charge in [0.15, 0.2) is 0 Å². The average molecular weight is 231 g/mol. The predicted octanol–water partition coefficient (Wildman–Crippen LogP) is 3.96. The zero-order valence-electron chi connectivity index (χ0n) is 11.2. The molecule has 0 bridgehead atoms. The Morgan fingerprint density at radius 2 is 1.94 bits per heavy atom. The van der Waals surface area contributed by atoms with E-state index in [1.807, 2.05) is 0 Å². The topological polar surface area (TPSA) is 12.0 Å². The lowest BCUT2D eigenvalue weighted by Gasteiger charge is -2.36. The third kappa shape index (κ3) is 3.10. The van der Waals surface area contributed by atoms with Crippen LogP contribution in [-0.4, -0.2) is 13.1 Å². The molecule has 1 nitrogen and oxygen atoms in total. The SMILES string of the molecule is CCCC1CC(c2ccccc2)CCC1NC. The largest absolute Gasteiger partial charge is 0.317 e. The Bertz CT molecular complexity index is 320. The molecule has 1 heteroatoms. The first-order chi connectivity index (χ1) is 8.35. The second kappa shape index (κ2) is 6.20. The van der Waals surface area contributed by atoms with Crippen molar-refractivity contribution >= 4 is 0 Å². The van der Waals surface area contributed by atoms with E-state index < -0.39 is 0 Å². The van der Waals surface area contributed by atoms with E-state index >= 15 is 0 Å². The highest BCUT2D eigenvalue weighted by Crippen LogP contribution is 2.38. The summed E-state index contributed by atoms with van der Waals surface area (Å²) in [7, 11) is 2.12. The normalized spacial score (nSPS) is 29.2. The van der Waals surface area contributed by atoms with Crippen LogP contribution in [0.2, 0.25) is 0 Å². The summed E-state index contributed by atoms with van der Waals surface area (Å²) in [5.41, 5.74) is 1.54. The van der Waals surface area contributed by atoms with Gasteiger partial charge in [-0.15, -0.1) is 0 Å². The summed E-state index contributed by atoms with van der Waals surface area (Å²) in [4.78, 5) is 0. The average Bonchev–Trinajstić information content (AvgIpc) is 2.40. The molecule has 1 saturated carbocycles. The maximum Gasteiger partial charge on any atom is 0.00927 e. The van der Waals surface area contributed by atoms with Gasteiger partial charge < -0.3 is 5.32 Å². The minimum atomic E-state index is 0.745. The summed E-state index contributed by atoms with van der Waals surface area (Å²) in [5.74, 6) is 1.65. The molecule has 1 aliphatic rings. The quantitative estimate of drug-likeness (QED) is 0.827. The highest BCUT2D eigenvalue weighted by molar-refractivity contribution is 5.20. The van der Waals surface area contributed by atoms with Crippen molar-refractivity contribution in [1.82, 2.24) is 5.32 Å².